The Labute approximate surface area is 137 Å². The molecule has 22 heavy (non-hydrogen) atoms. The van der Waals surface area contributed by atoms with E-state index in [0.717, 1.165) is 13.0 Å². The summed E-state index contributed by atoms with van der Waals surface area (Å²) >= 11 is 0. The lowest BCUT2D eigenvalue weighted by atomic mass is 10.1. The molecule has 1 unspecified atom stereocenters. The molecule has 0 saturated carbocycles. The minimum Gasteiger partial charge on any atom is -0.302 e. The smallest absolute Gasteiger partial charge is 0.0575 e. The zero-order valence-corrected chi connectivity index (χ0v) is 14.9. The van der Waals surface area contributed by atoms with Crippen molar-refractivity contribution in [3.8, 4) is 0 Å². The van der Waals surface area contributed by atoms with Gasteiger partial charge in [0.25, 0.3) is 0 Å². The second-order valence-corrected chi connectivity index (χ2v) is 6.34. The average molecular weight is 306 g/mol. The third-order valence-corrected chi connectivity index (χ3v) is 4.33. The number of nitrogens with zero attached hydrogens (tertiary/aromatic N) is 1. The molecule has 1 atom stereocenters. The number of rotatable bonds is 13. The highest BCUT2D eigenvalue weighted by Crippen LogP contribution is 2.12. The highest BCUT2D eigenvalue weighted by molar-refractivity contribution is 5.15. The van der Waals surface area contributed by atoms with Crippen molar-refractivity contribution in [3.05, 3.63) is 35.9 Å². The molecule has 0 bridgehead atoms. The third-order valence-electron chi connectivity index (χ3n) is 4.33. The Morgan fingerprint density at radius 3 is 2.09 bits per heavy atom. The minimum absolute atomic E-state index is 0.428. The monoisotopic (exact) mass is 305 g/mol. The molecular formula is C20H35NO. The van der Waals surface area contributed by atoms with E-state index in [1.54, 1.807) is 7.11 Å². The molecule has 0 aliphatic rings. The fourth-order valence-electron chi connectivity index (χ4n) is 2.95. The van der Waals surface area contributed by atoms with Gasteiger partial charge >= 0.3 is 0 Å². The SMILES string of the molecule is CCCCCCCCCCN(OC)C(C)Cc1ccccc1. The van der Waals surface area contributed by atoms with E-state index in [2.05, 4.69) is 49.2 Å². The molecule has 126 valence electrons. The Hall–Kier alpha value is -0.860. The van der Waals surface area contributed by atoms with Crippen LogP contribution in [0.1, 0.15) is 70.8 Å². The normalized spacial score (nSPS) is 12.7. The van der Waals surface area contributed by atoms with Crippen molar-refractivity contribution in [1.29, 1.82) is 0 Å². The predicted octanol–water partition coefficient (Wildman–Crippen LogP) is 5.62. The number of benzene rings is 1. The lowest BCUT2D eigenvalue weighted by Crippen LogP contribution is -2.34. The summed E-state index contributed by atoms with van der Waals surface area (Å²) in [5.74, 6) is 0. The van der Waals surface area contributed by atoms with E-state index in [-0.39, 0.29) is 0 Å². The van der Waals surface area contributed by atoms with E-state index >= 15 is 0 Å². The van der Waals surface area contributed by atoms with E-state index in [0.29, 0.717) is 6.04 Å². The molecule has 0 spiro atoms. The lowest BCUT2D eigenvalue weighted by Gasteiger charge is -2.26. The topological polar surface area (TPSA) is 12.5 Å². The van der Waals surface area contributed by atoms with Crippen LogP contribution in [0.4, 0.5) is 0 Å². The molecule has 0 amide bonds. The summed E-state index contributed by atoms with van der Waals surface area (Å²) in [6.45, 7) is 5.57. The molecule has 0 heterocycles. The lowest BCUT2D eigenvalue weighted by molar-refractivity contribution is -0.157. The molecule has 0 aromatic heterocycles. The Morgan fingerprint density at radius 2 is 1.50 bits per heavy atom. The maximum Gasteiger partial charge on any atom is 0.0575 e. The zero-order valence-electron chi connectivity index (χ0n) is 14.9. The van der Waals surface area contributed by atoms with Gasteiger partial charge in [0, 0.05) is 12.6 Å². The Balaban J connectivity index is 2.13. The number of hydroxylamine groups is 2. The maximum absolute atomic E-state index is 5.58. The zero-order chi connectivity index (χ0) is 16.0. The quantitative estimate of drug-likeness (QED) is 0.346. The number of hydrogen-bond acceptors (Lipinski definition) is 2. The molecule has 0 N–H and O–H groups in total. The van der Waals surface area contributed by atoms with E-state index in [1.165, 1.54) is 56.9 Å². The standard InChI is InChI=1S/C20H35NO/c1-4-5-6-7-8-9-10-14-17-21(22-3)19(2)18-20-15-12-11-13-16-20/h11-13,15-16,19H,4-10,14,17-18H2,1-3H3. The second-order valence-electron chi connectivity index (χ2n) is 6.34. The van der Waals surface area contributed by atoms with Crippen LogP contribution in [0, 0.1) is 0 Å². The average Bonchev–Trinajstić information content (AvgIpc) is 2.54. The van der Waals surface area contributed by atoms with E-state index < -0.39 is 0 Å². The first-order chi connectivity index (χ1) is 10.8. The van der Waals surface area contributed by atoms with Crippen molar-refractivity contribution in [2.45, 2.75) is 77.7 Å². The minimum atomic E-state index is 0.428. The Morgan fingerprint density at radius 1 is 0.909 bits per heavy atom. The number of hydrogen-bond donors (Lipinski definition) is 0. The van der Waals surface area contributed by atoms with Crippen LogP contribution in [0.25, 0.3) is 0 Å². The van der Waals surface area contributed by atoms with Crippen LogP contribution in [-0.4, -0.2) is 24.8 Å². The molecule has 2 nitrogen and oxygen atoms in total. The van der Waals surface area contributed by atoms with Gasteiger partial charge in [-0.1, -0.05) is 82.2 Å². The van der Waals surface area contributed by atoms with Crippen LogP contribution < -0.4 is 0 Å². The van der Waals surface area contributed by atoms with Crippen LogP contribution >= 0.6 is 0 Å². The molecule has 0 aliphatic heterocycles. The predicted molar refractivity (Wildman–Crippen MR) is 95.9 cm³/mol. The van der Waals surface area contributed by atoms with Gasteiger partial charge in [-0.05, 0) is 25.3 Å². The van der Waals surface area contributed by atoms with Gasteiger partial charge in [0.1, 0.15) is 0 Å². The van der Waals surface area contributed by atoms with Crippen molar-refractivity contribution >= 4 is 0 Å². The summed E-state index contributed by atoms with van der Waals surface area (Å²) in [6, 6.07) is 11.1. The van der Waals surface area contributed by atoms with E-state index in [4.69, 9.17) is 4.84 Å². The van der Waals surface area contributed by atoms with Gasteiger partial charge in [0.05, 0.1) is 7.11 Å². The maximum atomic E-state index is 5.58. The van der Waals surface area contributed by atoms with Crippen molar-refractivity contribution < 1.29 is 4.84 Å². The summed E-state index contributed by atoms with van der Waals surface area (Å²) in [4.78, 5) is 5.58. The first-order valence-corrected chi connectivity index (χ1v) is 9.12. The largest absolute Gasteiger partial charge is 0.302 e. The second kappa shape index (κ2) is 12.7. The van der Waals surface area contributed by atoms with Crippen molar-refractivity contribution in [2.24, 2.45) is 0 Å². The van der Waals surface area contributed by atoms with Crippen LogP contribution in [0.15, 0.2) is 30.3 Å². The molecular weight excluding hydrogens is 270 g/mol. The van der Waals surface area contributed by atoms with Crippen LogP contribution in [0.3, 0.4) is 0 Å². The Kier molecular flexibility index (Phi) is 11.0. The van der Waals surface area contributed by atoms with Gasteiger partial charge in [-0.15, -0.1) is 0 Å². The van der Waals surface area contributed by atoms with Gasteiger partial charge < -0.3 is 4.84 Å². The molecule has 2 heteroatoms. The molecule has 0 radical (unpaired) electrons. The van der Waals surface area contributed by atoms with Crippen LogP contribution in [0.2, 0.25) is 0 Å². The highest BCUT2D eigenvalue weighted by Gasteiger charge is 2.13. The molecule has 0 fully saturated rings. The van der Waals surface area contributed by atoms with Crippen molar-refractivity contribution in [2.75, 3.05) is 13.7 Å². The highest BCUT2D eigenvalue weighted by atomic mass is 16.7. The first-order valence-electron chi connectivity index (χ1n) is 9.12. The summed E-state index contributed by atoms with van der Waals surface area (Å²) in [6.07, 6.45) is 11.9. The number of unbranched alkanes of at least 4 members (excludes halogenated alkanes) is 7. The van der Waals surface area contributed by atoms with E-state index in [1.807, 2.05) is 0 Å². The summed E-state index contributed by atoms with van der Waals surface area (Å²) in [7, 11) is 1.80. The van der Waals surface area contributed by atoms with Crippen LogP contribution in [-0.2, 0) is 11.3 Å². The fraction of sp³-hybridized carbons (Fsp3) is 0.700. The van der Waals surface area contributed by atoms with Crippen molar-refractivity contribution in [3.63, 3.8) is 0 Å². The van der Waals surface area contributed by atoms with Gasteiger partial charge in [-0.3, -0.25) is 0 Å². The molecule has 1 aromatic rings. The van der Waals surface area contributed by atoms with Gasteiger partial charge in [-0.25, -0.2) is 0 Å². The summed E-state index contributed by atoms with van der Waals surface area (Å²) < 4.78 is 0. The van der Waals surface area contributed by atoms with Gasteiger partial charge in [0.2, 0.25) is 0 Å². The van der Waals surface area contributed by atoms with Gasteiger partial charge in [0.15, 0.2) is 0 Å². The summed E-state index contributed by atoms with van der Waals surface area (Å²) in [5.41, 5.74) is 1.38. The van der Waals surface area contributed by atoms with Crippen molar-refractivity contribution in [1.82, 2.24) is 5.06 Å². The Bertz CT molecular complexity index is 352. The van der Waals surface area contributed by atoms with E-state index in [9.17, 15) is 0 Å². The molecule has 1 aromatic carbocycles. The van der Waals surface area contributed by atoms with Crippen LogP contribution in [0.5, 0.6) is 0 Å². The third kappa shape index (κ3) is 8.55. The van der Waals surface area contributed by atoms with Gasteiger partial charge in [-0.2, -0.15) is 5.06 Å². The summed E-state index contributed by atoms with van der Waals surface area (Å²) in [5, 5.41) is 2.14. The fourth-order valence-corrected chi connectivity index (χ4v) is 2.95. The molecule has 0 saturated heterocycles. The molecule has 1 rings (SSSR count). The molecule has 0 aliphatic carbocycles. The first kappa shape index (κ1) is 19.2.